The predicted octanol–water partition coefficient (Wildman–Crippen LogP) is 1.48. The van der Waals surface area contributed by atoms with Gasteiger partial charge in [0.05, 0.1) is 0 Å². The van der Waals surface area contributed by atoms with Crippen LogP contribution in [0.15, 0.2) is 18.3 Å². The van der Waals surface area contributed by atoms with E-state index in [9.17, 15) is 4.79 Å². The summed E-state index contributed by atoms with van der Waals surface area (Å²) in [6, 6.07) is 3.51. The number of pyridine rings is 1. The first-order valence-corrected chi connectivity index (χ1v) is 6.79. The Labute approximate surface area is 114 Å². The van der Waals surface area contributed by atoms with E-state index >= 15 is 0 Å². The number of aromatic nitrogens is 1. The molecule has 0 unspecified atom stereocenters. The van der Waals surface area contributed by atoms with E-state index < -0.39 is 0 Å². The molecule has 1 amide bonds. The highest BCUT2D eigenvalue weighted by molar-refractivity contribution is 5.92. The maximum Gasteiger partial charge on any atom is 0.269 e. The van der Waals surface area contributed by atoms with Gasteiger partial charge in [-0.2, -0.15) is 0 Å². The van der Waals surface area contributed by atoms with E-state index in [-0.39, 0.29) is 5.91 Å². The largest absolute Gasteiger partial charge is 0.381 e. The van der Waals surface area contributed by atoms with Gasteiger partial charge in [-0.1, -0.05) is 19.4 Å². The Morgan fingerprint density at radius 1 is 1.37 bits per heavy atom. The molecule has 19 heavy (non-hydrogen) atoms. The topological polar surface area (TPSA) is 77.2 Å². The third kappa shape index (κ3) is 6.31. The van der Waals surface area contributed by atoms with Crippen LogP contribution in [0, 0.1) is 0 Å². The van der Waals surface area contributed by atoms with E-state index in [1.54, 1.807) is 12.3 Å². The SMILES string of the molecule is CCCCOCCCNC(=O)c1ccc(CN)cn1. The van der Waals surface area contributed by atoms with E-state index in [1.807, 2.05) is 6.07 Å². The number of ether oxygens (including phenoxy) is 1. The summed E-state index contributed by atoms with van der Waals surface area (Å²) in [6.45, 7) is 4.65. The second-order valence-electron chi connectivity index (χ2n) is 4.33. The number of hydrogen-bond acceptors (Lipinski definition) is 4. The number of nitrogens with zero attached hydrogens (tertiary/aromatic N) is 1. The summed E-state index contributed by atoms with van der Waals surface area (Å²) in [5, 5.41) is 2.81. The van der Waals surface area contributed by atoms with Gasteiger partial charge in [0.1, 0.15) is 5.69 Å². The van der Waals surface area contributed by atoms with Crippen molar-refractivity contribution in [3.05, 3.63) is 29.6 Å². The van der Waals surface area contributed by atoms with Crippen LogP contribution in [0.4, 0.5) is 0 Å². The molecule has 1 heterocycles. The van der Waals surface area contributed by atoms with Crippen LogP contribution in [0.3, 0.4) is 0 Å². The van der Waals surface area contributed by atoms with Crippen molar-refractivity contribution in [2.24, 2.45) is 5.73 Å². The van der Waals surface area contributed by atoms with Gasteiger partial charge in [-0.3, -0.25) is 9.78 Å². The van der Waals surface area contributed by atoms with E-state index in [1.165, 1.54) is 0 Å². The molecule has 5 heteroatoms. The first kappa shape index (κ1) is 15.6. The number of nitrogens with one attached hydrogen (secondary N) is 1. The lowest BCUT2D eigenvalue weighted by molar-refractivity contribution is 0.0935. The fraction of sp³-hybridized carbons (Fsp3) is 0.571. The molecule has 0 aliphatic rings. The smallest absolute Gasteiger partial charge is 0.269 e. The van der Waals surface area contributed by atoms with Gasteiger partial charge in [-0.05, 0) is 24.5 Å². The lowest BCUT2D eigenvalue weighted by Crippen LogP contribution is -2.26. The normalized spacial score (nSPS) is 10.4. The Morgan fingerprint density at radius 2 is 2.16 bits per heavy atom. The highest BCUT2D eigenvalue weighted by Crippen LogP contribution is 1.99. The Bertz CT molecular complexity index is 365. The van der Waals surface area contributed by atoms with Crippen LogP contribution >= 0.6 is 0 Å². The monoisotopic (exact) mass is 265 g/mol. The van der Waals surface area contributed by atoms with Crippen molar-refractivity contribution < 1.29 is 9.53 Å². The molecular formula is C14H23N3O2. The molecule has 0 spiro atoms. The molecular weight excluding hydrogens is 242 g/mol. The van der Waals surface area contributed by atoms with Crippen LogP contribution in [-0.2, 0) is 11.3 Å². The third-order valence-corrected chi connectivity index (χ3v) is 2.69. The molecule has 0 atom stereocenters. The molecule has 0 aromatic carbocycles. The van der Waals surface area contributed by atoms with Crippen molar-refractivity contribution in [1.82, 2.24) is 10.3 Å². The van der Waals surface area contributed by atoms with Crippen LogP contribution in [0.2, 0.25) is 0 Å². The summed E-state index contributed by atoms with van der Waals surface area (Å²) in [7, 11) is 0. The van der Waals surface area contributed by atoms with Crippen LogP contribution in [0.5, 0.6) is 0 Å². The lowest BCUT2D eigenvalue weighted by atomic mass is 10.2. The quantitative estimate of drug-likeness (QED) is 0.663. The highest BCUT2D eigenvalue weighted by Gasteiger charge is 2.05. The number of carbonyl (C=O) groups excluding carboxylic acids is 1. The van der Waals surface area contributed by atoms with Crippen molar-refractivity contribution in [1.29, 1.82) is 0 Å². The molecule has 1 aromatic rings. The zero-order valence-electron chi connectivity index (χ0n) is 11.5. The number of amides is 1. The average Bonchev–Trinajstić information content (AvgIpc) is 2.46. The predicted molar refractivity (Wildman–Crippen MR) is 74.8 cm³/mol. The van der Waals surface area contributed by atoms with Gasteiger partial charge < -0.3 is 15.8 Å². The minimum Gasteiger partial charge on any atom is -0.381 e. The van der Waals surface area contributed by atoms with Gasteiger partial charge in [0.25, 0.3) is 5.91 Å². The summed E-state index contributed by atoms with van der Waals surface area (Å²) in [4.78, 5) is 15.8. The van der Waals surface area contributed by atoms with Crippen LogP contribution in [0.1, 0.15) is 42.2 Å². The maximum atomic E-state index is 11.7. The second-order valence-corrected chi connectivity index (χ2v) is 4.33. The molecule has 0 fully saturated rings. The molecule has 1 aromatic heterocycles. The Balaban J connectivity index is 2.16. The van der Waals surface area contributed by atoms with Gasteiger partial charge in [0, 0.05) is 32.5 Å². The second kappa shape index (κ2) is 9.47. The molecule has 3 N–H and O–H groups in total. The Hall–Kier alpha value is -1.46. The number of hydrogen-bond donors (Lipinski definition) is 2. The molecule has 0 radical (unpaired) electrons. The molecule has 0 saturated carbocycles. The van der Waals surface area contributed by atoms with Gasteiger partial charge in [0.2, 0.25) is 0 Å². The zero-order chi connectivity index (χ0) is 13.9. The van der Waals surface area contributed by atoms with Crippen molar-refractivity contribution >= 4 is 5.91 Å². The first-order valence-electron chi connectivity index (χ1n) is 6.79. The van der Waals surface area contributed by atoms with Crippen molar-refractivity contribution in [3.8, 4) is 0 Å². The molecule has 1 rings (SSSR count). The Kier molecular flexibility index (Phi) is 7.77. The summed E-state index contributed by atoms with van der Waals surface area (Å²) >= 11 is 0. The fourth-order valence-corrected chi connectivity index (χ4v) is 1.49. The summed E-state index contributed by atoms with van der Waals surface area (Å²) in [6.07, 6.45) is 4.67. The minimum absolute atomic E-state index is 0.155. The Morgan fingerprint density at radius 3 is 2.79 bits per heavy atom. The van der Waals surface area contributed by atoms with Gasteiger partial charge >= 0.3 is 0 Å². The molecule has 0 saturated heterocycles. The van der Waals surface area contributed by atoms with Crippen LogP contribution in [-0.4, -0.2) is 30.6 Å². The maximum absolute atomic E-state index is 11.7. The molecule has 106 valence electrons. The van der Waals surface area contributed by atoms with Crippen molar-refractivity contribution in [3.63, 3.8) is 0 Å². The molecule has 5 nitrogen and oxygen atoms in total. The average molecular weight is 265 g/mol. The number of carbonyl (C=O) groups is 1. The van der Waals surface area contributed by atoms with E-state index in [0.717, 1.165) is 31.4 Å². The fourth-order valence-electron chi connectivity index (χ4n) is 1.49. The standard InChI is InChI=1S/C14H23N3O2/c1-2-3-8-19-9-4-7-16-14(18)13-6-5-12(10-15)11-17-13/h5-6,11H,2-4,7-10,15H2,1H3,(H,16,18). The van der Waals surface area contributed by atoms with Crippen molar-refractivity contribution in [2.45, 2.75) is 32.7 Å². The number of unbranched alkanes of at least 4 members (excludes halogenated alkanes) is 1. The van der Waals surface area contributed by atoms with Crippen LogP contribution < -0.4 is 11.1 Å². The summed E-state index contributed by atoms with van der Waals surface area (Å²) in [5.74, 6) is -0.155. The summed E-state index contributed by atoms with van der Waals surface area (Å²) in [5.41, 5.74) is 6.81. The first-order chi connectivity index (χ1) is 9.27. The molecule has 0 bridgehead atoms. The summed E-state index contributed by atoms with van der Waals surface area (Å²) < 4.78 is 5.41. The third-order valence-electron chi connectivity index (χ3n) is 2.69. The van der Waals surface area contributed by atoms with E-state index in [0.29, 0.717) is 25.4 Å². The number of rotatable bonds is 9. The van der Waals surface area contributed by atoms with E-state index in [2.05, 4.69) is 17.2 Å². The van der Waals surface area contributed by atoms with E-state index in [4.69, 9.17) is 10.5 Å². The lowest BCUT2D eigenvalue weighted by Gasteiger charge is -2.06. The van der Waals surface area contributed by atoms with Gasteiger partial charge in [0.15, 0.2) is 0 Å². The zero-order valence-corrected chi connectivity index (χ0v) is 11.5. The molecule has 0 aliphatic heterocycles. The molecule has 0 aliphatic carbocycles. The minimum atomic E-state index is -0.155. The van der Waals surface area contributed by atoms with Crippen molar-refractivity contribution in [2.75, 3.05) is 19.8 Å². The van der Waals surface area contributed by atoms with Gasteiger partial charge in [-0.25, -0.2) is 0 Å². The number of nitrogens with two attached hydrogens (primary N) is 1. The van der Waals surface area contributed by atoms with Crippen LogP contribution in [0.25, 0.3) is 0 Å². The van der Waals surface area contributed by atoms with Gasteiger partial charge in [-0.15, -0.1) is 0 Å². The highest BCUT2D eigenvalue weighted by atomic mass is 16.5.